The van der Waals surface area contributed by atoms with Crippen LogP contribution in [0, 0.1) is 11.7 Å². The number of hydrogen-bond acceptors (Lipinski definition) is 5. The third kappa shape index (κ3) is 11.5. The SMILES string of the molecule is CCCCOCC(C)COc1ccc(CNC(=O)N(Cc2ccc(F)cc2)C2CCN(C(=O)OCCCC)CC2)cc1. The van der Waals surface area contributed by atoms with Crippen LogP contribution in [0.3, 0.4) is 0 Å². The predicted molar refractivity (Wildman–Crippen MR) is 162 cm³/mol. The van der Waals surface area contributed by atoms with Crippen LogP contribution in [0.2, 0.25) is 0 Å². The van der Waals surface area contributed by atoms with E-state index in [1.165, 1.54) is 12.1 Å². The molecule has 232 valence electrons. The normalized spacial score (nSPS) is 14.3. The van der Waals surface area contributed by atoms with Crippen molar-refractivity contribution in [3.05, 3.63) is 65.5 Å². The molecule has 1 aliphatic heterocycles. The molecule has 0 bridgehead atoms. The van der Waals surface area contributed by atoms with Crippen LogP contribution in [0.1, 0.15) is 70.4 Å². The Hall–Kier alpha value is -3.33. The van der Waals surface area contributed by atoms with Crippen molar-refractivity contribution in [2.24, 2.45) is 5.92 Å². The molecule has 1 aliphatic rings. The third-order valence-corrected chi connectivity index (χ3v) is 7.36. The van der Waals surface area contributed by atoms with E-state index in [0.717, 1.165) is 49.2 Å². The number of nitrogens with zero attached hydrogens (tertiary/aromatic N) is 2. The van der Waals surface area contributed by atoms with Crippen LogP contribution in [0.25, 0.3) is 0 Å². The minimum atomic E-state index is -0.313. The lowest BCUT2D eigenvalue weighted by molar-refractivity contribution is 0.0761. The Bertz CT molecular complexity index is 1060. The maximum absolute atomic E-state index is 13.5. The summed E-state index contributed by atoms with van der Waals surface area (Å²) in [7, 11) is 0. The van der Waals surface area contributed by atoms with Crippen molar-refractivity contribution < 1.29 is 28.2 Å². The fraction of sp³-hybridized carbons (Fsp3) is 0.576. The number of carbonyl (C=O) groups excluding carboxylic acids is 2. The second-order valence-corrected chi connectivity index (χ2v) is 11.1. The van der Waals surface area contributed by atoms with Crippen LogP contribution in [0.15, 0.2) is 48.5 Å². The fourth-order valence-electron chi connectivity index (χ4n) is 4.71. The van der Waals surface area contributed by atoms with Crippen molar-refractivity contribution in [3.63, 3.8) is 0 Å². The van der Waals surface area contributed by atoms with Gasteiger partial charge in [0, 0.05) is 44.7 Å². The van der Waals surface area contributed by atoms with Crippen molar-refractivity contribution in [3.8, 4) is 5.75 Å². The van der Waals surface area contributed by atoms with E-state index >= 15 is 0 Å². The van der Waals surface area contributed by atoms with E-state index in [2.05, 4.69) is 26.1 Å². The largest absolute Gasteiger partial charge is 0.493 e. The molecule has 8 nitrogen and oxygen atoms in total. The van der Waals surface area contributed by atoms with Crippen molar-refractivity contribution in [1.82, 2.24) is 15.1 Å². The molecular weight excluding hydrogens is 537 g/mol. The van der Waals surface area contributed by atoms with Gasteiger partial charge in [0.25, 0.3) is 0 Å². The van der Waals surface area contributed by atoms with E-state index in [9.17, 15) is 14.0 Å². The summed E-state index contributed by atoms with van der Waals surface area (Å²) in [4.78, 5) is 29.3. The topological polar surface area (TPSA) is 80.3 Å². The van der Waals surface area contributed by atoms with Gasteiger partial charge in [-0.2, -0.15) is 0 Å². The summed E-state index contributed by atoms with van der Waals surface area (Å²) in [6.45, 7) is 10.5. The number of rotatable bonds is 16. The van der Waals surface area contributed by atoms with Crippen LogP contribution in [0.5, 0.6) is 5.75 Å². The zero-order valence-electron chi connectivity index (χ0n) is 25.5. The van der Waals surface area contributed by atoms with Gasteiger partial charge in [0.15, 0.2) is 0 Å². The van der Waals surface area contributed by atoms with Gasteiger partial charge < -0.3 is 29.3 Å². The molecule has 42 heavy (non-hydrogen) atoms. The maximum atomic E-state index is 13.5. The van der Waals surface area contributed by atoms with Crippen LogP contribution < -0.4 is 10.1 Å². The van der Waals surface area contributed by atoms with Crippen molar-refractivity contribution >= 4 is 12.1 Å². The average Bonchev–Trinajstić information content (AvgIpc) is 3.01. The Morgan fingerprint density at radius 3 is 2.26 bits per heavy atom. The zero-order chi connectivity index (χ0) is 30.2. The molecule has 3 rings (SSSR count). The minimum Gasteiger partial charge on any atom is -0.493 e. The molecular formula is C33H48FN3O5. The summed E-state index contributed by atoms with van der Waals surface area (Å²) in [5.41, 5.74) is 1.80. The van der Waals surface area contributed by atoms with Gasteiger partial charge in [0.1, 0.15) is 11.6 Å². The van der Waals surface area contributed by atoms with Gasteiger partial charge in [-0.3, -0.25) is 0 Å². The summed E-state index contributed by atoms with van der Waals surface area (Å²) in [6, 6.07) is 13.7. The summed E-state index contributed by atoms with van der Waals surface area (Å²) < 4.78 is 30.5. The van der Waals surface area contributed by atoms with Crippen LogP contribution in [-0.4, -0.2) is 67.5 Å². The first-order valence-electron chi connectivity index (χ1n) is 15.4. The number of ether oxygens (including phenoxy) is 3. The molecule has 1 fully saturated rings. The Morgan fingerprint density at radius 1 is 0.952 bits per heavy atom. The number of unbranched alkanes of at least 4 members (excludes halogenated alkanes) is 2. The molecule has 0 radical (unpaired) electrons. The summed E-state index contributed by atoms with van der Waals surface area (Å²) in [6.07, 6.45) is 5.01. The van der Waals surface area contributed by atoms with Gasteiger partial charge in [-0.25, -0.2) is 14.0 Å². The molecule has 1 N–H and O–H groups in total. The monoisotopic (exact) mass is 585 g/mol. The standard InChI is InChI=1S/C33H48FN3O5/c1-4-6-20-40-24-26(3)25-42-31-14-10-27(11-15-31)22-35-32(38)37(23-28-8-12-29(34)13-9-28)30-16-18-36(19-17-30)33(39)41-21-7-5-2/h8-15,26,30H,4-7,16-25H2,1-3H3,(H,35,38). The first kappa shape index (κ1) is 33.2. The molecule has 9 heteroatoms. The first-order chi connectivity index (χ1) is 20.4. The number of likely N-dealkylation sites (tertiary alicyclic amines) is 1. The number of amides is 3. The van der Waals surface area contributed by atoms with Gasteiger partial charge >= 0.3 is 12.1 Å². The zero-order valence-corrected chi connectivity index (χ0v) is 25.5. The quantitative estimate of drug-likeness (QED) is 0.220. The summed E-state index contributed by atoms with van der Waals surface area (Å²) >= 11 is 0. The van der Waals surface area contributed by atoms with Gasteiger partial charge in [-0.05, 0) is 61.1 Å². The number of benzene rings is 2. The highest BCUT2D eigenvalue weighted by molar-refractivity contribution is 5.74. The highest BCUT2D eigenvalue weighted by Crippen LogP contribution is 2.21. The molecule has 3 amide bonds. The Balaban J connectivity index is 1.52. The molecule has 0 saturated carbocycles. The van der Waals surface area contributed by atoms with E-state index in [1.807, 2.05) is 24.3 Å². The minimum absolute atomic E-state index is 0.0570. The van der Waals surface area contributed by atoms with Crippen LogP contribution in [0.4, 0.5) is 14.0 Å². The molecule has 1 heterocycles. The number of piperidine rings is 1. The molecule has 0 aromatic heterocycles. The van der Waals surface area contributed by atoms with Gasteiger partial charge in [-0.1, -0.05) is 57.9 Å². The molecule has 0 spiro atoms. The van der Waals surface area contributed by atoms with Gasteiger partial charge in [0.2, 0.25) is 0 Å². The van der Waals surface area contributed by atoms with E-state index in [4.69, 9.17) is 14.2 Å². The number of urea groups is 1. The number of halogens is 1. The first-order valence-corrected chi connectivity index (χ1v) is 15.4. The van der Waals surface area contributed by atoms with Crippen LogP contribution in [-0.2, 0) is 22.6 Å². The third-order valence-electron chi connectivity index (χ3n) is 7.36. The predicted octanol–water partition coefficient (Wildman–Crippen LogP) is 6.77. The number of nitrogens with one attached hydrogen (secondary N) is 1. The highest BCUT2D eigenvalue weighted by Gasteiger charge is 2.30. The van der Waals surface area contributed by atoms with Crippen molar-refractivity contribution in [2.75, 3.05) is 39.5 Å². The van der Waals surface area contributed by atoms with E-state index in [0.29, 0.717) is 64.8 Å². The average molecular weight is 586 g/mol. The lowest BCUT2D eigenvalue weighted by Crippen LogP contribution is -2.51. The Morgan fingerprint density at radius 2 is 1.60 bits per heavy atom. The summed E-state index contributed by atoms with van der Waals surface area (Å²) in [5, 5.41) is 3.05. The molecule has 2 aromatic carbocycles. The smallest absolute Gasteiger partial charge is 0.409 e. The molecule has 1 unspecified atom stereocenters. The molecule has 0 aliphatic carbocycles. The molecule has 2 aromatic rings. The molecule has 1 atom stereocenters. The van der Waals surface area contributed by atoms with Crippen LogP contribution >= 0.6 is 0 Å². The highest BCUT2D eigenvalue weighted by atomic mass is 19.1. The lowest BCUT2D eigenvalue weighted by atomic mass is 10.0. The lowest BCUT2D eigenvalue weighted by Gasteiger charge is -2.38. The fourth-order valence-corrected chi connectivity index (χ4v) is 4.71. The Kier molecular flexibility index (Phi) is 14.4. The van der Waals surface area contributed by atoms with Crippen molar-refractivity contribution in [1.29, 1.82) is 0 Å². The van der Waals surface area contributed by atoms with E-state index in [-0.39, 0.29) is 24.0 Å². The van der Waals surface area contributed by atoms with Crippen molar-refractivity contribution in [2.45, 2.75) is 78.4 Å². The number of hydrogen-bond donors (Lipinski definition) is 1. The second kappa shape index (κ2) is 18.3. The maximum Gasteiger partial charge on any atom is 0.409 e. The summed E-state index contributed by atoms with van der Waals surface area (Å²) in [5.74, 6) is 0.765. The number of carbonyl (C=O) groups is 2. The van der Waals surface area contributed by atoms with Gasteiger partial charge in [0.05, 0.1) is 19.8 Å². The Labute approximate surface area is 250 Å². The van der Waals surface area contributed by atoms with Gasteiger partial charge in [-0.15, -0.1) is 0 Å². The van der Waals surface area contributed by atoms with E-state index < -0.39 is 0 Å². The second-order valence-electron chi connectivity index (χ2n) is 11.1. The van der Waals surface area contributed by atoms with E-state index in [1.54, 1.807) is 21.9 Å². The molecule has 1 saturated heterocycles.